The van der Waals surface area contributed by atoms with Gasteiger partial charge in [-0.05, 0) is 30.7 Å². The molecule has 4 atom stereocenters. The number of amides is 1. The van der Waals surface area contributed by atoms with Gasteiger partial charge in [0.25, 0.3) is 5.69 Å². The maximum absolute atomic E-state index is 14.3. The van der Waals surface area contributed by atoms with Crippen molar-refractivity contribution in [3.63, 3.8) is 0 Å². The molecular formula is C26H22N4O4S. The number of ketones is 1. The highest BCUT2D eigenvalue weighted by molar-refractivity contribution is 7.99. The van der Waals surface area contributed by atoms with Gasteiger partial charge in [-0.15, -0.1) is 11.8 Å². The summed E-state index contributed by atoms with van der Waals surface area (Å²) in [6.45, 7) is 1.98. The van der Waals surface area contributed by atoms with E-state index in [9.17, 15) is 19.7 Å². The Morgan fingerprint density at radius 2 is 2.03 bits per heavy atom. The van der Waals surface area contributed by atoms with Gasteiger partial charge in [-0.1, -0.05) is 29.8 Å². The third kappa shape index (κ3) is 3.08. The molecular weight excluding hydrogens is 464 g/mol. The van der Waals surface area contributed by atoms with Gasteiger partial charge in [-0.25, -0.2) is 0 Å². The summed E-state index contributed by atoms with van der Waals surface area (Å²) < 4.78 is 0. The first-order chi connectivity index (χ1) is 16.9. The summed E-state index contributed by atoms with van der Waals surface area (Å²) in [6.07, 6.45) is 3.16. The topological polar surface area (TPSA) is 105 Å². The number of carbonyl (C=O) groups is 2. The molecule has 3 aromatic rings. The molecule has 4 heterocycles. The normalized spacial score (nSPS) is 27.0. The molecule has 6 rings (SSSR count). The number of Topliss-reactive ketones (excluding diaryl/α,β-unsaturated/α-hetero) is 1. The van der Waals surface area contributed by atoms with Crippen LogP contribution in [0.3, 0.4) is 0 Å². The lowest BCUT2D eigenvalue weighted by atomic mass is 9.69. The summed E-state index contributed by atoms with van der Waals surface area (Å²) in [7, 11) is 0. The molecule has 1 spiro atoms. The first-order valence-corrected chi connectivity index (χ1v) is 12.5. The number of anilines is 1. The van der Waals surface area contributed by atoms with Gasteiger partial charge in [0, 0.05) is 64.9 Å². The van der Waals surface area contributed by atoms with E-state index in [2.05, 4.69) is 15.2 Å². The molecule has 0 saturated carbocycles. The van der Waals surface area contributed by atoms with Crippen LogP contribution >= 0.6 is 11.8 Å². The Morgan fingerprint density at radius 1 is 1.23 bits per heavy atom. The summed E-state index contributed by atoms with van der Waals surface area (Å²) in [6, 6.07) is 15.7. The van der Waals surface area contributed by atoms with E-state index in [1.54, 1.807) is 48.4 Å². The molecule has 8 nitrogen and oxygen atoms in total. The van der Waals surface area contributed by atoms with E-state index in [-0.39, 0.29) is 29.3 Å². The third-order valence-electron chi connectivity index (χ3n) is 7.49. The number of fused-ring (bicyclic) bond motifs is 4. The largest absolute Gasteiger partial charge is 0.324 e. The quantitative estimate of drug-likeness (QED) is 0.336. The summed E-state index contributed by atoms with van der Waals surface area (Å²) >= 11 is 1.74. The zero-order chi connectivity index (χ0) is 24.3. The maximum Gasteiger partial charge on any atom is 0.269 e. The van der Waals surface area contributed by atoms with E-state index in [4.69, 9.17) is 0 Å². The van der Waals surface area contributed by atoms with E-state index in [0.29, 0.717) is 11.4 Å². The van der Waals surface area contributed by atoms with Crippen LogP contribution in [0.1, 0.15) is 33.0 Å². The van der Waals surface area contributed by atoms with Gasteiger partial charge >= 0.3 is 0 Å². The van der Waals surface area contributed by atoms with E-state index < -0.39 is 16.4 Å². The second kappa shape index (κ2) is 8.00. The van der Waals surface area contributed by atoms with E-state index >= 15 is 0 Å². The van der Waals surface area contributed by atoms with Crippen molar-refractivity contribution in [3.8, 4) is 0 Å². The minimum absolute atomic E-state index is 0.00571. The number of nitrogens with zero attached hydrogens (tertiary/aromatic N) is 3. The Morgan fingerprint density at radius 3 is 2.74 bits per heavy atom. The number of nitrogens with one attached hydrogen (secondary N) is 1. The molecule has 1 amide bonds. The molecule has 2 saturated heterocycles. The highest BCUT2D eigenvalue weighted by atomic mass is 32.2. The van der Waals surface area contributed by atoms with Gasteiger partial charge in [0.1, 0.15) is 5.54 Å². The molecule has 2 aromatic carbocycles. The average Bonchev–Trinajstić information content (AvgIpc) is 3.53. The van der Waals surface area contributed by atoms with Crippen LogP contribution in [0.15, 0.2) is 67.0 Å². The van der Waals surface area contributed by atoms with Crippen molar-refractivity contribution in [2.24, 2.45) is 5.92 Å². The minimum atomic E-state index is -1.17. The highest BCUT2D eigenvalue weighted by Gasteiger charge is 2.69. The fraction of sp³-hybridized carbons (Fsp3) is 0.269. The smallest absolute Gasteiger partial charge is 0.269 e. The molecule has 35 heavy (non-hydrogen) atoms. The molecule has 176 valence electrons. The molecule has 0 radical (unpaired) electrons. The number of nitro benzene ring substituents is 1. The monoisotopic (exact) mass is 486 g/mol. The van der Waals surface area contributed by atoms with Crippen LogP contribution in [-0.4, -0.2) is 44.2 Å². The number of nitro groups is 1. The van der Waals surface area contributed by atoms with Gasteiger partial charge in [0.15, 0.2) is 5.78 Å². The van der Waals surface area contributed by atoms with Crippen molar-refractivity contribution in [2.45, 2.75) is 24.4 Å². The number of pyridine rings is 1. The molecule has 1 N–H and O–H groups in total. The number of hydrogen-bond donors (Lipinski definition) is 1. The van der Waals surface area contributed by atoms with Crippen LogP contribution in [0.2, 0.25) is 0 Å². The van der Waals surface area contributed by atoms with Crippen LogP contribution in [0.4, 0.5) is 11.4 Å². The molecule has 1 aromatic heterocycles. The Labute approximate surface area is 205 Å². The number of aromatic nitrogens is 1. The predicted octanol–water partition coefficient (Wildman–Crippen LogP) is 4.12. The Balaban J connectivity index is 1.60. The SMILES string of the molecule is Cc1ccc2c(c1)[C@]1(C(=O)N2)[C@H](C(=O)c2cccnc2)[C@@H](c2ccc([N+](=O)[O-])cc2)[C@H]2CSCN21. The molecule has 0 unspecified atom stereocenters. The van der Waals surface area contributed by atoms with Crippen molar-refractivity contribution < 1.29 is 14.5 Å². The zero-order valence-electron chi connectivity index (χ0n) is 18.9. The van der Waals surface area contributed by atoms with E-state index in [1.165, 1.54) is 12.1 Å². The van der Waals surface area contributed by atoms with Crippen LogP contribution in [-0.2, 0) is 10.3 Å². The standard InChI is InChI=1S/C26H22N4O4S/c1-15-4-9-20-19(11-15)26(25(32)28-20)23(24(31)17-3-2-10-27-12-17)22(21-13-35-14-29(21)26)16-5-7-18(8-6-16)30(33)34/h2-12,21-23H,13-14H2,1H3,(H,28,32)/t21-,22+,23+,26-/m1/s1. The molecule has 3 aliphatic rings. The van der Waals surface area contributed by atoms with Gasteiger partial charge in [0.05, 0.1) is 10.8 Å². The lowest BCUT2D eigenvalue weighted by Crippen LogP contribution is -2.52. The number of thioether (sulfide) groups is 1. The second-order valence-corrected chi connectivity index (χ2v) is 10.3. The van der Waals surface area contributed by atoms with Gasteiger partial charge in [-0.2, -0.15) is 0 Å². The first kappa shape index (κ1) is 21.9. The molecule has 3 aliphatic heterocycles. The van der Waals surface area contributed by atoms with Crippen molar-refractivity contribution in [1.82, 2.24) is 9.88 Å². The van der Waals surface area contributed by atoms with Crippen molar-refractivity contribution in [3.05, 3.63) is 99.4 Å². The first-order valence-electron chi connectivity index (χ1n) is 11.4. The zero-order valence-corrected chi connectivity index (χ0v) is 19.7. The Kier molecular flexibility index (Phi) is 5.01. The van der Waals surface area contributed by atoms with Crippen molar-refractivity contribution >= 4 is 34.8 Å². The highest BCUT2D eigenvalue weighted by Crippen LogP contribution is 2.61. The van der Waals surface area contributed by atoms with Crippen molar-refractivity contribution in [2.75, 3.05) is 16.9 Å². The van der Waals surface area contributed by atoms with Gasteiger partial charge in [-0.3, -0.25) is 29.6 Å². The van der Waals surface area contributed by atoms with Crippen LogP contribution in [0.25, 0.3) is 0 Å². The minimum Gasteiger partial charge on any atom is -0.324 e. The molecule has 0 aliphatic carbocycles. The van der Waals surface area contributed by atoms with E-state index in [0.717, 1.165) is 28.1 Å². The maximum atomic E-state index is 14.3. The Bertz CT molecular complexity index is 1360. The molecule has 9 heteroatoms. The molecule has 2 fully saturated rings. The predicted molar refractivity (Wildman–Crippen MR) is 132 cm³/mol. The Hall–Kier alpha value is -3.56. The average molecular weight is 487 g/mol. The third-order valence-corrected chi connectivity index (χ3v) is 8.53. The number of hydrogen-bond acceptors (Lipinski definition) is 7. The van der Waals surface area contributed by atoms with Crippen molar-refractivity contribution in [1.29, 1.82) is 0 Å². The summed E-state index contributed by atoms with van der Waals surface area (Å²) in [5, 5.41) is 14.3. The van der Waals surface area contributed by atoms with Gasteiger partial charge in [0.2, 0.25) is 5.91 Å². The van der Waals surface area contributed by atoms with Crippen LogP contribution < -0.4 is 5.32 Å². The number of non-ortho nitro benzene ring substituents is 1. The fourth-order valence-corrected chi connectivity index (χ4v) is 7.40. The molecule has 0 bridgehead atoms. The van der Waals surface area contributed by atoms with Crippen LogP contribution in [0, 0.1) is 23.0 Å². The second-order valence-electron chi connectivity index (χ2n) is 9.26. The summed E-state index contributed by atoms with van der Waals surface area (Å²) in [5.41, 5.74) is 2.65. The lowest BCUT2D eigenvalue weighted by molar-refractivity contribution is -0.384. The number of benzene rings is 2. The lowest BCUT2D eigenvalue weighted by Gasteiger charge is -2.36. The van der Waals surface area contributed by atoms with Gasteiger partial charge < -0.3 is 5.32 Å². The van der Waals surface area contributed by atoms with Crippen LogP contribution in [0.5, 0.6) is 0 Å². The number of carbonyl (C=O) groups excluding carboxylic acids is 2. The summed E-state index contributed by atoms with van der Waals surface area (Å²) in [5.74, 6) is -0.0131. The number of rotatable bonds is 4. The fourth-order valence-electron chi connectivity index (χ4n) is 6.07. The van der Waals surface area contributed by atoms with E-state index in [1.807, 2.05) is 25.1 Å². The summed E-state index contributed by atoms with van der Waals surface area (Å²) in [4.78, 5) is 45.4. The number of aryl methyl sites for hydroxylation is 1.